The largest absolute Gasteiger partial charge is 0.341 e. The molecule has 12 heteroatoms. The van der Waals surface area contributed by atoms with Gasteiger partial charge in [-0.05, 0) is 48.5 Å². The molecule has 0 unspecified atom stereocenters. The van der Waals surface area contributed by atoms with Crippen LogP contribution in [-0.4, -0.2) is 35.0 Å². The van der Waals surface area contributed by atoms with Gasteiger partial charge >= 0.3 is 5.76 Å². The van der Waals surface area contributed by atoms with Crippen LogP contribution in [0.25, 0.3) is 0 Å². The lowest BCUT2D eigenvalue weighted by molar-refractivity contribution is 0.102. The fourth-order valence-electron chi connectivity index (χ4n) is 3.04. The Morgan fingerprint density at radius 3 is 2.11 bits per heavy atom. The molecule has 0 fully saturated rings. The summed E-state index contributed by atoms with van der Waals surface area (Å²) < 4.78 is 49.8. The van der Waals surface area contributed by atoms with Crippen molar-refractivity contribution in [2.24, 2.45) is 0 Å². The molecule has 178 valence electrons. The van der Waals surface area contributed by atoms with Crippen LogP contribution in [0.15, 0.2) is 90.2 Å². The molecule has 35 heavy (non-hydrogen) atoms. The van der Waals surface area contributed by atoms with Gasteiger partial charge in [0.1, 0.15) is 23.8 Å². The molecule has 0 aliphatic heterocycles. The molecule has 0 radical (unpaired) electrons. The number of sulfone groups is 1. The quantitative estimate of drug-likeness (QED) is 0.323. The monoisotopic (exact) mass is 496 g/mol. The van der Waals surface area contributed by atoms with Crippen molar-refractivity contribution in [3.05, 3.63) is 90.9 Å². The summed E-state index contributed by atoms with van der Waals surface area (Å²) in [5.41, 5.74) is 0.611. The number of hydrogen-bond donors (Lipinski definition) is 3. The molecule has 0 aliphatic rings. The molecule has 0 aliphatic carbocycles. The van der Waals surface area contributed by atoms with Crippen molar-refractivity contribution < 1.29 is 22.0 Å². The highest BCUT2D eigenvalue weighted by atomic mass is 32.2. The van der Waals surface area contributed by atoms with E-state index in [0.717, 1.165) is 6.07 Å². The van der Waals surface area contributed by atoms with Gasteiger partial charge in [0.15, 0.2) is 0 Å². The van der Waals surface area contributed by atoms with E-state index >= 15 is 0 Å². The minimum Gasteiger partial charge on any atom is -0.340 e. The first kappa shape index (κ1) is 23.7. The normalized spacial score (nSPS) is 11.2. The molecule has 4 rings (SSSR count). The fraction of sp³-hybridized carbons (Fsp3) is 0.0435. The first-order valence-electron chi connectivity index (χ1n) is 10.1. The number of anilines is 5. The van der Waals surface area contributed by atoms with Crippen molar-refractivity contribution in [3.63, 3.8) is 0 Å². The molecule has 4 aromatic rings. The van der Waals surface area contributed by atoms with E-state index in [1.54, 1.807) is 48.7 Å². The van der Waals surface area contributed by atoms with Gasteiger partial charge in [0.2, 0.25) is 9.84 Å². The summed E-state index contributed by atoms with van der Waals surface area (Å²) in [7, 11) is -4.94. The third kappa shape index (κ3) is 5.73. The zero-order valence-electron chi connectivity index (χ0n) is 17.9. The molecule has 0 atom stereocenters. The Kier molecular flexibility index (Phi) is 6.92. The van der Waals surface area contributed by atoms with Gasteiger partial charge in [-0.1, -0.05) is 18.2 Å². The van der Waals surface area contributed by atoms with Crippen molar-refractivity contribution in [3.8, 4) is 0 Å². The lowest BCUT2D eigenvalue weighted by Crippen LogP contribution is -2.19. The van der Waals surface area contributed by atoms with Gasteiger partial charge in [-0.2, -0.15) is 8.78 Å². The Balaban J connectivity index is 1.44. The lowest BCUT2D eigenvalue weighted by atomic mass is 10.2. The number of amides is 1. The second-order valence-corrected chi connectivity index (χ2v) is 8.97. The molecule has 9 nitrogen and oxygen atoms in total. The SMILES string of the molecule is O=C(Nc1ccc(Nc2cc(Nc3ccccn3)ncn2)cc1)c1ccccc1S(=O)(=O)C(F)F. The van der Waals surface area contributed by atoms with Gasteiger partial charge in [-0.15, -0.1) is 0 Å². The number of pyridine rings is 1. The van der Waals surface area contributed by atoms with E-state index in [-0.39, 0.29) is 5.56 Å². The van der Waals surface area contributed by atoms with Crippen molar-refractivity contribution in [2.45, 2.75) is 10.7 Å². The summed E-state index contributed by atoms with van der Waals surface area (Å²) in [5, 5.41) is 8.67. The van der Waals surface area contributed by atoms with Crippen LogP contribution in [0.5, 0.6) is 0 Å². The number of halogens is 2. The Hall–Kier alpha value is -4.45. The van der Waals surface area contributed by atoms with E-state index in [9.17, 15) is 22.0 Å². The number of benzene rings is 2. The van der Waals surface area contributed by atoms with Gasteiger partial charge in [-0.3, -0.25) is 4.79 Å². The van der Waals surface area contributed by atoms with E-state index < -0.39 is 26.4 Å². The van der Waals surface area contributed by atoms with Crippen molar-refractivity contribution in [1.82, 2.24) is 15.0 Å². The lowest BCUT2D eigenvalue weighted by Gasteiger charge is -2.11. The number of hydrogen-bond acceptors (Lipinski definition) is 8. The summed E-state index contributed by atoms with van der Waals surface area (Å²) in [6.45, 7) is 0. The highest BCUT2D eigenvalue weighted by Gasteiger charge is 2.30. The molecule has 2 aromatic heterocycles. The average Bonchev–Trinajstić information content (AvgIpc) is 2.86. The summed E-state index contributed by atoms with van der Waals surface area (Å²) in [4.78, 5) is 24.4. The van der Waals surface area contributed by atoms with Crippen LogP contribution in [0.4, 0.5) is 37.6 Å². The zero-order chi connectivity index (χ0) is 24.8. The van der Waals surface area contributed by atoms with E-state index in [1.807, 2.05) is 6.07 Å². The molecular weight excluding hydrogens is 478 g/mol. The second-order valence-electron chi connectivity index (χ2n) is 7.09. The number of nitrogens with zero attached hydrogens (tertiary/aromatic N) is 3. The molecular formula is C23H18F2N6O3S. The Morgan fingerprint density at radius 1 is 0.771 bits per heavy atom. The summed E-state index contributed by atoms with van der Waals surface area (Å²) >= 11 is 0. The van der Waals surface area contributed by atoms with Gasteiger partial charge in [-0.25, -0.2) is 23.4 Å². The van der Waals surface area contributed by atoms with Crippen LogP contribution in [0, 0.1) is 0 Å². The van der Waals surface area contributed by atoms with E-state index in [1.165, 1.54) is 24.5 Å². The molecule has 1 amide bonds. The standard InChI is InChI=1S/C23H18F2N6O3S/c24-23(25)35(33,34)18-6-2-1-5-17(18)22(32)30-16-10-8-15(9-11-16)29-20-13-21(28-14-27-20)31-19-7-3-4-12-26-19/h1-14,23H,(H,30,32)(H2,26,27,28,29,31). The Morgan fingerprint density at radius 2 is 1.43 bits per heavy atom. The maximum Gasteiger partial charge on any atom is 0.341 e. The van der Waals surface area contributed by atoms with E-state index in [4.69, 9.17) is 0 Å². The van der Waals surface area contributed by atoms with Crippen molar-refractivity contribution in [1.29, 1.82) is 0 Å². The van der Waals surface area contributed by atoms with Crippen molar-refractivity contribution in [2.75, 3.05) is 16.0 Å². The molecule has 2 aromatic carbocycles. The molecule has 0 bridgehead atoms. The first-order chi connectivity index (χ1) is 16.8. The highest BCUT2D eigenvalue weighted by Crippen LogP contribution is 2.24. The highest BCUT2D eigenvalue weighted by molar-refractivity contribution is 7.91. The van der Waals surface area contributed by atoms with Crippen LogP contribution in [-0.2, 0) is 9.84 Å². The van der Waals surface area contributed by atoms with Gasteiger partial charge in [0.25, 0.3) is 5.91 Å². The third-order valence-corrected chi connectivity index (χ3v) is 6.11. The second kappa shape index (κ2) is 10.2. The molecule has 0 saturated carbocycles. The van der Waals surface area contributed by atoms with E-state index in [0.29, 0.717) is 28.8 Å². The van der Waals surface area contributed by atoms with Gasteiger partial charge in [0, 0.05) is 23.6 Å². The molecule has 3 N–H and O–H groups in total. The fourth-order valence-corrected chi connectivity index (χ4v) is 3.97. The summed E-state index contributed by atoms with van der Waals surface area (Å²) in [6, 6.07) is 18.4. The number of aromatic nitrogens is 3. The minimum absolute atomic E-state index is 0.338. The van der Waals surface area contributed by atoms with E-state index in [2.05, 4.69) is 30.9 Å². The third-order valence-electron chi connectivity index (χ3n) is 4.68. The zero-order valence-corrected chi connectivity index (χ0v) is 18.7. The van der Waals surface area contributed by atoms with Crippen LogP contribution in [0.3, 0.4) is 0 Å². The number of alkyl halides is 2. The average molecular weight is 496 g/mol. The number of rotatable bonds is 8. The molecule has 0 saturated heterocycles. The van der Waals surface area contributed by atoms with Crippen LogP contribution >= 0.6 is 0 Å². The predicted molar refractivity (Wildman–Crippen MR) is 127 cm³/mol. The van der Waals surface area contributed by atoms with Gasteiger partial charge in [0.05, 0.1) is 10.5 Å². The molecule has 2 heterocycles. The maximum atomic E-state index is 13.0. The minimum atomic E-state index is -4.94. The van der Waals surface area contributed by atoms with Gasteiger partial charge < -0.3 is 16.0 Å². The number of carbonyl (C=O) groups is 1. The van der Waals surface area contributed by atoms with Crippen molar-refractivity contribution >= 4 is 44.6 Å². The smallest absolute Gasteiger partial charge is 0.340 e. The summed E-state index contributed by atoms with van der Waals surface area (Å²) in [6.07, 6.45) is 3.03. The number of nitrogens with one attached hydrogen (secondary N) is 3. The summed E-state index contributed by atoms with van der Waals surface area (Å²) in [5.74, 6) is -2.81. The van der Waals surface area contributed by atoms with Crippen LogP contribution < -0.4 is 16.0 Å². The molecule has 0 spiro atoms. The first-order valence-corrected chi connectivity index (χ1v) is 11.7. The number of carbonyl (C=O) groups excluding carboxylic acids is 1. The topological polar surface area (TPSA) is 126 Å². The Labute approximate surface area is 199 Å². The Bertz CT molecular complexity index is 1440. The maximum absolute atomic E-state index is 13.0. The van der Waals surface area contributed by atoms with Crippen LogP contribution in [0.2, 0.25) is 0 Å². The van der Waals surface area contributed by atoms with Crippen LogP contribution in [0.1, 0.15) is 10.4 Å². The predicted octanol–water partition coefficient (Wildman–Crippen LogP) is 4.61.